The first-order valence-corrected chi connectivity index (χ1v) is 8.56. The molecular weight excluding hydrogens is 204 g/mol. The zero-order valence-corrected chi connectivity index (χ0v) is 11.7. The van der Waals surface area contributed by atoms with Gasteiger partial charge in [0.05, 0.1) is 0 Å². The van der Waals surface area contributed by atoms with Crippen LogP contribution < -0.4 is 0 Å². The molecule has 0 bridgehead atoms. The van der Waals surface area contributed by atoms with Crippen molar-refractivity contribution in [1.82, 2.24) is 0 Å². The Morgan fingerprint density at radius 2 is 1.67 bits per heavy atom. The summed E-state index contributed by atoms with van der Waals surface area (Å²) in [5.74, 6) is 0.746. The van der Waals surface area contributed by atoms with Crippen LogP contribution in [-0.2, 0) is 8.85 Å². The van der Waals surface area contributed by atoms with Crippen LogP contribution in [0.4, 0.5) is 0 Å². The Morgan fingerprint density at radius 3 is 2.00 bits per heavy atom. The van der Waals surface area contributed by atoms with Crippen LogP contribution in [0.25, 0.3) is 0 Å². The van der Waals surface area contributed by atoms with Gasteiger partial charge in [0.2, 0.25) is 0 Å². The van der Waals surface area contributed by atoms with Crippen molar-refractivity contribution in [1.29, 1.82) is 0 Å². The van der Waals surface area contributed by atoms with E-state index in [-0.39, 0.29) is 0 Å². The Balaban J connectivity index is 2.62. The molecule has 0 aliphatic heterocycles. The van der Waals surface area contributed by atoms with Gasteiger partial charge in [-0.15, -0.1) is 0 Å². The minimum Gasteiger partial charge on any atom is -0.394 e. The Morgan fingerprint density at radius 1 is 1.13 bits per heavy atom. The summed E-state index contributed by atoms with van der Waals surface area (Å²) in [5.41, 5.74) is 0.784. The van der Waals surface area contributed by atoms with Gasteiger partial charge in [-0.2, -0.15) is 0 Å². The largest absolute Gasteiger partial charge is 0.394 e. The predicted molar refractivity (Wildman–Crippen MR) is 66.3 cm³/mol. The van der Waals surface area contributed by atoms with E-state index in [0.717, 1.165) is 24.7 Å². The van der Waals surface area contributed by atoms with Gasteiger partial charge >= 0.3 is 8.56 Å². The predicted octanol–water partition coefficient (Wildman–Crippen LogP) is 3.71. The van der Waals surface area contributed by atoms with Crippen molar-refractivity contribution < 1.29 is 8.85 Å². The topological polar surface area (TPSA) is 18.5 Å². The minimum absolute atomic E-state index is 0.746. The van der Waals surface area contributed by atoms with E-state index in [1.165, 1.54) is 25.3 Å². The van der Waals surface area contributed by atoms with E-state index in [9.17, 15) is 0 Å². The molecule has 0 aromatic rings. The van der Waals surface area contributed by atoms with E-state index in [4.69, 9.17) is 8.85 Å². The summed E-state index contributed by atoms with van der Waals surface area (Å²) in [6, 6.07) is 1.19. The van der Waals surface area contributed by atoms with Crippen molar-refractivity contribution >= 4 is 8.56 Å². The maximum atomic E-state index is 6.08. The van der Waals surface area contributed by atoms with Gasteiger partial charge in [-0.05, 0) is 38.7 Å². The Labute approximate surface area is 95.6 Å². The average molecular weight is 230 g/mol. The van der Waals surface area contributed by atoms with Crippen LogP contribution in [-0.4, -0.2) is 21.8 Å². The van der Waals surface area contributed by atoms with Crippen LogP contribution in [0.2, 0.25) is 11.6 Å². The first-order chi connectivity index (χ1) is 7.18. The lowest BCUT2D eigenvalue weighted by atomic mass is 10.2. The molecule has 2 nitrogen and oxygen atoms in total. The Kier molecular flexibility index (Phi) is 5.30. The monoisotopic (exact) mass is 230 g/mol. The van der Waals surface area contributed by atoms with Gasteiger partial charge in [0.25, 0.3) is 0 Å². The second kappa shape index (κ2) is 6.02. The maximum Gasteiger partial charge on any atom is 0.341 e. The molecule has 0 heterocycles. The van der Waals surface area contributed by atoms with Gasteiger partial charge in [-0.1, -0.05) is 20.3 Å². The highest BCUT2D eigenvalue weighted by atomic mass is 28.4. The van der Waals surface area contributed by atoms with E-state index in [0.29, 0.717) is 0 Å². The molecule has 1 fully saturated rings. The van der Waals surface area contributed by atoms with E-state index in [1.54, 1.807) is 0 Å². The van der Waals surface area contributed by atoms with Crippen molar-refractivity contribution in [3.05, 3.63) is 0 Å². The fraction of sp³-hybridized carbons (Fsp3) is 1.00. The number of hydrogen-bond donors (Lipinski definition) is 0. The Bertz CT molecular complexity index is 174. The fourth-order valence-electron chi connectivity index (χ4n) is 2.20. The zero-order chi connectivity index (χ0) is 11.3. The molecule has 1 unspecified atom stereocenters. The summed E-state index contributed by atoms with van der Waals surface area (Å²) < 4.78 is 12.2. The van der Waals surface area contributed by atoms with Gasteiger partial charge in [-0.3, -0.25) is 0 Å². The molecule has 0 aromatic heterocycles. The molecule has 0 spiro atoms. The number of rotatable bonds is 8. The van der Waals surface area contributed by atoms with Crippen molar-refractivity contribution in [2.24, 2.45) is 5.92 Å². The van der Waals surface area contributed by atoms with Gasteiger partial charge in [0.1, 0.15) is 0 Å². The summed E-state index contributed by atoms with van der Waals surface area (Å²) in [6.07, 6.45) is 3.91. The molecule has 1 aliphatic carbocycles. The van der Waals surface area contributed by atoms with Crippen LogP contribution in [0, 0.1) is 5.92 Å². The second-order valence-electron chi connectivity index (χ2n) is 4.67. The highest BCUT2D eigenvalue weighted by Gasteiger charge is 2.51. The average Bonchev–Trinajstić information content (AvgIpc) is 3.01. The molecule has 0 aromatic carbocycles. The first kappa shape index (κ1) is 13.2. The van der Waals surface area contributed by atoms with Gasteiger partial charge in [-0.25, -0.2) is 0 Å². The molecular formula is C12H26O2Si. The highest BCUT2D eigenvalue weighted by Crippen LogP contribution is 2.49. The Hall–Kier alpha value is 0.137. The van der Waals surface area contributed by atoms with E-state index in [2.05, 4.69) is 27.7 Å². The van der Waals surface area contributed by atoms with Gasteiger partial charge in [0, 0.05) is 18.8 Å². The van der Waals surface area contributed by atoms with Crippen LogP contribution in [0.1, 0.15) is 47.0 Å². The summed E-state index contributed by atoms with van der Waals surface area (Å²) in [5, 5.41) is 0. The van der Waals surface area contributed by atoms with Crippen LogP contribution in [0.5, 0.6) is 0 Å². The maximum absolute atomic E-state index is 6.08. The molecule has 0 saturated heterocycles. The summed E-state index contributed by atoms with van der Waals surface area (Å²) in [6.45, 7) is 10.4. The van der Waals surface area contributed by atoms with Gasteiger partial charge < -0.3 is 8.85 Å². The lowest BCUT2D eigenvalue weighted by molar-refractivity contribution is 0.175. The summed E-state index contributed by atoms with van der Waals surface area (Å²) in [7, 11) is -1.85. The van der Waals surface area contributed by atoms with Crippen molar-refractivity contribution in [2.75, 3.05) is 13.2 Å². The molecule has 0 radical (unpaired) electrons. The lowest BCUT2D eigenvalue weighted by Crippen LogP contribution is -2.44. The van der Waals surface area contributed by atoms with Crippen LogP contribution in [0.3, 0.4) is 0 Å². The fourth-order valence-corrected chi connectivity index (χ4v) is 6.61. The molecule has 3 heteroatoms. The smallest absolute Gasteiger partial charge is 0.341 e. The molecule has 1 rings (SSSR count). The molecule has 1 atom stereocenters. The van der Waals surface area contributed by atoms with Crippen LogP contribution in [0.15, 0.2) is 0 Å². The minimum atomic E-state index is -1.85. The highest BCUT2D eigenvalue weighted by molar-refractivity contribution is 6.69. The van der Waals surface area contributed by atoms with Crippen molar-refractivity contribution in [2.45, 2.75) is 58.5 Å². The second-order valence-corrected chi connectivity index (χ2v) is 8.10. The lowest BCUT2D eigenvalue weighted by Gasteiger charge is -2.32. The van der Waals surface area contributed by atoms with Crippen molar-refractivity contribution in [3.8, 4) is 0 Å². The third-order valence-electron chi connectivity index (χ3n) is 3.31. The summed E-state index contributed by atoms with van der Waals surface area (Å²) in [4.78, 5) is 0. The zero-order valence-electron chi connectivity index (χ0n) is 10.7. The molecule has 90 valence electrons. The standard InChI is InChI=1S/C12H26O2Si/c1-5-11(4)10-15(13-6-2,14-7-3)12-8-9-12/h11-12H,5-10H2,1-4H3. The van der Waals surface area contributed by atoms with E-state index < -0.39 is 8.56 Å². The number of hydrogen-bond acceptors (Lipinski definition) is 2. The van der Waals surface area contributed by atoms with E-state index >= 15 is 0 Å². The van der Waals surface area contributed by atoms with Crippen molar-refractivity contribution in [3.63, 3.8) is 0 Å². The molecule has 1 aliphatic rings. The quantitative estimate of drug-likeness (QED) is 0.592. The molecule has 0 amide bonds. The van der Waals surface area contributed by atoms with Gasteiger partial charge in [0.15, 0.2) is 0 Å². The third kappa shape index (κ3) is 3.57. The van der Waals surface area contributed by atoms with E-state index in [1.807, 2.05) is 0 Å². The normalized spacial score (nSPS) is 19.2. The summed E-state index contributed by atoms with van der Waals surface area (Å²) >= 11 is 0. The van der Waals surface area contributed by atoms with Crippen LogP contribution >= 0.6 is 0 Å². The molecule has 0 N–H and O–H groups in total. The molecule has 15 heavy (non-hydrogen) atoms. The first-order valence-electron chi connectivity index (χ1n) is 6.46. The molecule has 1 saturated carbocycles. The SMILES string of the molecule is CCO[Si](CC(C)CC)(OCC)C1CC1. The third-order valence-corrected chi connectivity index (χ3v) is 7.95.